The Bertz CT molecular complexity index is 627. The normalized spacial score (nSPS) is 12.8. The van der Waals surface area contributed by atoms with E-state index in [2.05, 4.69) is 55.0 Å². The van der Waals surface area contributed by atoms with E-state index in [9.17, 15) is 0 Å². The summed E-state index contributed by atoms with van der Waals surface area (Å²) in [5, 5.41) is 8.88. The third-order valence-electron chi connectivity index (χ3n) is 3.72. The van der Waals surface area contributed by atoms with Crippen molar-refractivity contribution in [1.82, 2.24) is 19.7 Å². The molecule has 122 valence electrons. The molecule has 0 bridgehead atoms. The fourth-order valence-corrected chi connectivity index (χ4v) is 2.27. The van der Waals surface area contributed by atoms with Crippen LogP contribution in [0.25, 0.3) is 11.0 Å². The first-order chi connectivity index (χ1) is 10.2. The van der Waals surface area contributed by atoms with Crippen molar-refractivity contribution in [3.63, 3.8) is 0 Å². The van der Waals surface area contributed by atoms with Crippen LogP contribution < -0.4 is 5.32 Å². The van der Waals surface area contributed by atoms with Gasteiger partial charge in [-0.2, -0.15) is 5.10 Å². The lowest BCUT2D eigenvalue weighted by Gasteiger charge is -2.25. The molecule has 0 saturated carbocycles. The van der Waals surface area contributed by atoms with Crippen LogP contribution >= 0.6 is 0 Å². The van der Waals surface area contributed by atoms with Crippen molar-refractivity contribution >= 4 is 16.9 Å². The minimum absolute atomic E-state index is 0.106. The average Bonchev–Trinajstić information content (AvgIpc) is 2.87. The summed E-state index contributed by atoms with van der Waals surface area (Å²) in [7, 11) is 1.73. The number of methoxy groups -OCH3 is 1. The van der Waals surface area contributed by atoms with Crippen LogP contribution in [0.5, 0.6) is 0 Å². The van der Waals surface area contributed by atoms with E-state index < -0.39 is 0 Å². The van der Waals surface area contributed by atoms with Crippen molar-refractivity contribution in [3.05, 3.63) is 12.5 Å². The zero-order valence-electron chi connectivity index (χ0n) is 14.5. The Morgan fingerprint density at radius 1 is 1.18 bits per heavy atom. The Hall–Kier alpha value is -1.69. The van der Waals surface area contributed by atoms with E-state index in [4.69, 9.17) is 4.74 Å². The molecule has 2 aromatic rings. The summed E-state index contributed by atoms with van der Waals surface area (Å²) in [5.41, 5.74) is 0.887. The monoisotopic (exact) mass is 305 g/mol. The Morgan fingerprint density at radius 2 is 1.91 bits per heavy atom. The van der Waals surface area contributed by atoms with E-state index >= 15 is 0 Å². The predicted molar refractivity (Wildman–Crippen MR) is 89.1 cm³/mol. The van der Waals surface area contributed by atoms with Crippen LogP contribution in [0.1, 0.15) is 41.0 Å². The molecule has 0 saturated heterocycles. The Balaban J connectivity index is 2.21. The van der Waals surface area contributed by atoms with Crippen molar-refractivity contribution in [1.29, 1.82) is 0 Å². The minimum Gasteiger partial charge on any atom is -0.385 e. The first-order valence-corrected chi connectivity index (χ1v) is 7.67. The van der Waals surface area contributed by atoms with Gasteiger partial charge in [-0.15, -0.1) is 0 Å². The molecule has 0 radical (unpaired) electrons. The maximum Gasteiger partial charge on any atom is 0.163 e. The SMILES string of the molecule is COCCC(C)(C)CNc1ncnc2c1cnn2C(C)(C)C. The first-order valence-electron chi connectivity index (χ1n) is 7.67. The largest absolute Gasteiger partial charge is 0.385 e. The maximum atomic E-state index is 5.17. The van der Waals surface area contributed by atoms with Gasteiger partial charge in [0.15, 0.2) is 5.65 Å². The first kappa shape index (κ1) is 16.7. The van der Waals surface area contributed by atoms with E-state index in [1.165, 1.54) is 0 Å². The van der Waals surface area contributed by atoms with Gasteiger partial charge in [0.1, 0.15) is 12.1 Å². The molecular formula is C16H27N5O. The maximum absolute atomic E-state index is 5.17. The van der Waals surface area contributed by atoms with Gasteiger partial charge < -0.3 is 10.1 Å². The van der Waals surface area contributed by atoms with Crippen LogP contribution in [-0.4, -0.2) is 40.0 Å². The Kier molecular flexibility index (Phi) is 4.70. The molecule has 0 aliphatic rings. The van der Waals surface area contributed by atoms with Gasteiger partial charge in [-0.3, -0.25) is 0 Å². The quantitative estimate of drug-likeness (QED) is 0.888. The second-order valence-corrected chi connectivity index (χ2v) is 7.45. The van der Waals surface area contributed by atoms with Gasteiger partial charge in [-0.25, -0.2) is 14.6 Å². The molecule has 0 unspecified atom stereocenters. The number of nitrogens with zero attached hydrogens (tertiary/aromatic N) is 4. The van der Waals surface area contributed by atoms with Gasteiger partial charge >= 0.3 is 0 Å². The Labute approximate surface area is 132 Å². The number of nitrogens with one attached hydrogen (secondary N) is 1. The summed E-state index contributed by atoms with van der Waals surface area (Å²) < 4.78 is 7.11. The fourth-order valence-electron chi connectivity index (χ4n) is 2.27. The summed E-state index contributed by atoms with van der Waals surface area (Å²) >= 11 is 0. The lowest BCUT2D eigenvalue weighted by Crippen LogP contribution is -2.25. The molecular weight excluding hydrogens is 278 g/mol. The van der Waals surface area contributed by atoms with Crippen LogP contribution in [0.4, 0.5) is 5.82 Å². The topological polar surface area (TPSA) is 64.9 Å². The van der Waals surface area contributed by atoms with Crippen molar-refractivity contribution in [2.24, 2.45) is 5.41 Å². The number of ether oxygens (including phenoxy) is 1. The van der Waals surface area contributed by atoms with Crippen molar-refractivity contribution < 1.29 is 4.74 Å². The molecule has 6 nitrogen and oxygen atoms in total. The van der Waals surface area contributed by atoms with Crippen molar-refractivity contribution in [3.8, 4) is 0 Å². The number of rotatable bonds is 6. The summed E-state index contributed by atoms with van der Waals surface area (Å²) in [4.78, 5) is 8.77. The second-order valence-electron chi connectivity index (χ2n) is 7.45. The van der Waals surface area contributed by atoms with Gasteiger partial charge in [0.05, 0.1) is 17.1 Å². The summed E-state index contributed by atoms with van der Waals surface area (Å²) in [5.74, 6) is 0.839. The standard InChI is InChI=1S/C16H27N5O/c1-15(2,3)21-14-12(9-20-21)13(18-11-19-14)17-10-16(4,5)7-8-22-6/h9,11H,7-8,10H2,1-6H3,(H,17,18,19). The number of fused-ring (bicyclic) bond motifs is 1. The fraction of sp³-hybridized carbons (Fsp3) is 0.688. The molecule has 0 aliphatic heterocycles. The van der Waals surface area contributed by atoms with E-state index in [0.717, 1.165) is 36.4 Å². The number of hydrogen-bond acceptors (Lipinski definition) is 5. The molecule has 2 heterocycles. The molecule has 0 fully saturated rings. The molecule has 0 atom stereocenters. The van der Waals surface area contributed by atoms with Gasteiger partial charge in [0.25, 0.3) is 0 Å². The van der Waals surface area contributed by atoms with Crippen molar-refractivity contribution in [2.75, 3.05) is 25.6 Å². The number of anilines is 1. The number of hydrogen-bond donors (Lipinski definition) is 1. The third-order valence-corrected chi connectivity index (χ3v) is 3.72. The molecule has 2 rings (SSSR count). The average molecular weight is 305 g/mol. The summed E-state index contributed by atoms with van der Waals surface area (Å²) in [6, 6.07) is 0. The smallest absolute Gasteiger partial charge is 0.163 e. The van der Waals surface area contributed by atoms with Crippen LogP contribution in [0.15, 0.2) is 12.5 Å². The highest BCUT2D eigenvalue weighted by Crippen LogP contribution is 2.26. The summed E-state index contributed by atoms with van der Waals surface area (Å²) in [6.07, 6.45) is 4.42. The molecule has 0 amide bonds. The van der Waals surface area contributed by atoms with Crippen LogP contribution in [0, 0.1) is 5.41 Å². The third kappa shape index (κ3) is 3.74. The predicted octanol–water partition coefficient (Wildman–Crippen LogP) is 3.06. The molecule has 1 N–H and O–H groups in total. The van der Waals surface area contributed by atoms with Gasteiger partial charge in [-0.1, -0.05) is 13.8 Å². The van der Waals surface area contributed by atoms with E-state index in [1.54, 1.807) is 13.4 Å². The van der Waals surface area contributed by atoms with Crippen LogP contribution in [0.2, 0.25) is 0 Å². The van der Waals surface area contributed by atoms with E-state index in [0.29, 0.717) is 0 Å². The molecule has 6 heteroatoms. The van der Waals surface area contributed by atoms with Gasteiger partial charge in [0, 0.05) is 20.3 Å². The van der Waals surface area contributed by atoms with E-state index in [-0.39, 0.29) is 11.0 Å². The molecule has 0 aromatic carbocycles. The lowest BCUT2D eigenvalue weighted by molar-refractivity contribution is 0.157. The molecule has 2 aromatic heterocycles. The molecule has 0 spiro atoms. The minimum atomic E-state index is -0.106. The Morgan fingerprint density at radius 3 is 2.55 bits per heavy atom. The zero-order chi connectivity index (χ0) is 16.4. The van der Waals surface area contributed by atoms with Crippen LogP contribution in [-0.2, 0) is 10.3 Å². The van der Waals surface area contributed by atoms with Gasteiger partial charge in [0.2, 0.25) is 0 Å². The van der Waals surface area contributed by atoms with Crippen LogP contribution in [0.3, 0.4) is 0 Å². The molecule has 22 heavy (non-hydrogen) atoms. The highest BCUT2D eigenvalue weighted by molar-refractivity contribution is 5.86. The number of aromatic nitrogens is 4. The van der Waals surface area contributed by atoms with Gasteiger partial charge in [-0.05, 0) is 32.6 Å². The second kappa shape index (κ2) is 6.20. The van der Waals surface area contributed by atoms with Crippen molar-refractivity contribution in [2.45, 2.75) is 46.6 Å². The van der Waals surface area contributed by atoms with E-state index in [1.807, 2.05) is 10.9 Å². The zero-order valence-corrected chi connectivity index (χ0v) is 14.5. The summed E-state index contributed by atoms with van der Waals surface area (Å²) in [6.45, 7) is 12.4. The highest BCUT2D eigenvalue weighted by Gasteiger charge is 2.21. The highest BCUT2D eigenvalue weighted by atomic mass is 16.5. The lowest BCUT2D eigenvalue weighted by atomic mass is 9.90. The molecule has 0 aliphatic carbocycles.